The molecule has 0 saturated carbocycles. The summed E-state index contributed by atoms with van der Waals surface area (Å²) in [4.78, 5) is 0. The fourth-order valence-electron chi connectivity index (χ4n) is 1.18. The first kappa shape index (κ1) is 11.2. The van der Waals surface area contributed by atoms with Gasteiger partial charge in [0.15, 0.2) is 0 Å². The molecule has 1 radical (unpaired) electrons. The molecule has 1 aromatic carbocycles. The van der Waals surface area contributed by atoms with E-state index in [4.69, 9.17) is 9.47 Å². The van der Waals surface area contributed by atoms with E-state index in [1.54, 1.807) is 7.11 Å². The van der Waals surface area contributed by atoms with Crippen LogP contribution in [-0.4, -0.2) is 26.9 Å². The van der Waals surface area contributed by atoms with Gasteiger partial charge in [0.05, 0.1) is 13.2 Å². The van der Waals surface area contributed by atoms with Gasteiger partial charge in [0, 0.05) is 7.11 Å². The van der Waals surface area contributed by atoms with E-state index in [-0.39, 0.29) is 12.7 Å². The molecule has 0 bridgehead atoms. The maximum atomic E-state index is 10.9. The number of methoxy groups -OCH3 is 1. The van der Waals surface area contributed by atoms with Crippen LogP contribution in [0.4, 0.5) is 0 Å². The molecule has 0 aromatic heterocycles. The lowest BCUT2D eigenvalue weighted by molar-refractivity contribution is -0.0287. The van der Waals surface area contributed by atoms with Crippen molar-refractivity contribution in [1.29, 1.82) is 0 Å². The van der Waals surface area contributed by atoms with Crippen molar-refractivity contribution in [2.24, 2.45) is 0 Å². The van der Waals surface area contributed by atoms with Crippen molar-refractivity contribution >= 4 is 0 Å². The number of benzene rings is 1. The lowest BCUT2D eigenvalue weighted by atomic mass is 10.1. The van der Waals surface area contributed by atoms with E-state index in [0.29, 0.717) is 13.2 Å². The Morgan fingerprint density at radius 1 is 1.21 bits per heavy atom. The lowest BCUT2D eigenvalue weighted by Gasteiger charge is -2.14. The Kier molecular flexibility index (Phi) is 5.22. The fourth-order valence-corrected chi connectivity index (χ4v) is 1.18. The van der Waals surface area contributed by atoms with Crippen LogP contribution in [-0.2, 0) is 14.6 Å². The van der Waals surface area contributed by atoms with E-state index in [9.17, 15) is 5.11 Å². The minimum Gasteiger partial charge on any atom is -0.382 e. The molecule has 1 unspecified atom stereocenters. The van der Waals surface area contributed by atoms with Crippen LogP contribution in [0.1, 0.15) is 11.7 Å². The van der Waals surface area contributed by atoms with E-state index in [1.807, 2.05) is 30.3 Å². The molecule has 0 saturated heterocycles. The maximum Gasteiger partial charge on any atom is 0.113 e. The number of rotatable bonds is 6. The largest absolute Gasteiger partial charge is 0.382 e. The Bertz CT molecular complexity index is 236. The number of hydrogen-bond donors (Lipinski definition) is 0. The molecule has 0 aliphatic rings. The predicted molar refractivity (Wildman–Crippen MR) is 52.6 cm³/mol. The Balaban J connectivity index is 2.46. The Hall–Kier alpha value is -0.900. The van der Waals surface area contributed by atoms with Crippen molar-refractivity contribution in [3.05, 3.63) is 35.9 Å². The quantitative estimate of drug-likeness (QED) is 0.649. The Labute approximate surface area is 84.3 Å². The average Bonchev–Trinajstić information content (AvgIpc) is 2.26. The predicted octanol–water partition coefficient (Wildman–Crippen LogP) is 1.82. The van der Waals surface area contributed by atoms with E-state index < -0.39 is 0 Å². The molecule has 14 heavy (non-hydrogen) atoms. The highest BCUT2D eigenvalue weighted by Crippen LogP contribution is 2.15. The highest BCUT2D eigenvalue weighted by atomic mass is 16.5. The summed E-state index contributed by atoms with van der Waals surface area (Å²) < 4.78 is 10.2. The first-order valence-electron chi connectivity index (χ1n) is 4.62. The van der Waals surface area contributed by atoms with E-state index in [2.05, 4.69) is 0 Å². The SMILES string of the molecule is COCCOC(C[O])c1ccccc1. The molecule has 3 nitrogen and oxygen atoms in total. The van der Waals surface area contributed by atoms with Gasteiger partial charge in [-0.2, -0.15) is 0 Å². The summed E-state index contributed by atoms with van der Waals surface area (Å²) in [5.74, 6) is 0. The maximum absolute atomic E-state index is 10.9. The second-order valence-electron chi connectivity index (χ2n) is 2.93. The third kappa shape index (κ3) is 3.46. The highest BCUT2D eigenvalue weighted by molar-refractivity contribution is 5.17. The normalized spacial score (nSPS) is 12.7. The van der Waals surface area contributed by atoms with Crippen LogP contribution in [0.15, 0.2) is 30.3 Å². The molecule has 0 aliphatic heterocycles. The average molecular weight is 195 g/mol. The monoisotopic (exact) mass is 195 g/mol. The van der Waals surface area contributed by atoms with Crippen molar-refractivity contribution in [3.63, 3.8) is 0 Å². The summed E-state index contributed by atoms with van der Waals surface area (Å²) in [5.41, 5.74) is 0.929. The third-order valence-corrected chi connectivity index (χ3v) is 1.93. The fraction of sp³-hybridized carbons (Fsp3) is 0.455. The molecule has 1 aromatic rings. The summed E-state index contributed by atoms with van der Waals surface area (Å²) in [6, 6.07) is 9.51. The van der Waals surface area contributed by atoms with Gasteiger partial charge in [-0.1, -0.05) is 30.3 Å². The van der Waals surface area contributed by atoms with Crippen LogP contribution in [0.2, 0.25) is 0 Å². The minimum absolute atomic E-state index is 0.256. The minimum atomic E-state index is -0.355. The molecule has 0 heterocycles. The van der Waals surface area contributed by atoms with Gasteiger partial charge in [-0.25, -0.2) is 5.11 Å². The van der Waals surface area contributed by atoms with E-state index in [1.165, 1.54) is 0 Å². The highest BCUT2D eigenvalue weighted by Gasteiger charge is 2.10. The molecule has 77 valence electrons. The summed E-state index contributed by atoms with van der Waals surface area (Å²) in [5, 5.41) is 10.9. The van der Waals surface area contributed by atoms with Gasteiger partial charge >= 0.3 is 0 Å². The van der Waals surface area contributed by atoms with Crippen molar-refractivity contribution in [3.8, 4) is 0 Å². The molecule has 1 atom stereocenters. The van der Waals surface area contributed by atoms with Crippen LogP contribution >= 0.6 is 0 Å². The van der Waals surface area contributed by atoms with Gasteiger partial charge in [-0.15, -0.1) is 0 Å². The van der Waals surface area contributed by atoms with Gasteiger partial charge in [0.2, 0.25) is 0 Å². The smallest absolute Gasteiger partial charge is 0.113 e. The molecular weight excluding hydrogens is 180 g/mol. The lowest BCUT2D eigenvalue weighted by Crippen LogP contribution is -2.11. The first-order chi connectivity index (χ1) is 6.88. The van der Waals surface area contributed by atoms with Gasteiger partial charge < -0.3 is 9.47 Å². The standard InChI is InChI=1S/C11H15O3/c1-13-7-8-14-11(9-12)10-5-3-2-4-6-10/h2-6,11H,7-9H2,1H3. The molecule has 1 rings (SSSR count). The molecule has 0 N–H and O–H groups in total. The first-order valence-corrected chi connectivity index (χ1v) is 4.62. The van der Waals surface area contributed by atoms with Gasteiger partial charge in [-0.05, 0) is 5.56 Å². The summed E-state index contributed by atoms with van der Waals surface area (Å²) >= 11 is 0. The van der Waals surface area contributed by atoms with Crippen LogP contribution in [0.5, 0.6) is 0 Å². The molecule has 0 spiro atoms. The summed E-state index contributed by atoms with van der Waals surface area (Å²) in [6.07, 6.45) is -0.355. The van der Waals surface area contributed by atoms with Crippen molar-refractivity contribution in [2.75, 3.05) is 26.9 Å². The zero-order chi connectivity index (χ0) is 10.2. The van der Waals surface area contributed by atoms with Crippen LogP contribution < -0.4 is 0 Å². The molecular formula is C11H15O3. The second-order valence-corrected chi connectivity index (χ2v) is 2.93. The van der Waals surface area contributed by atoms with E-state index >= 15 is 0 Å². The van der Waals surface area contributed by atoms with Gasteiger partial charge in [0.1, 0.15) is 12.7 Å². The summed E-state index contributed by atoms with van der Waals surface area (Å²) in [6.45, 7) is 0.718. The topological polar surface area (TPSA) is 38.4 Å². The van der Waals surface area contributed by atoms with Crippen LogP contribution in [0.25, 0.3) is 0 Å². The number of ether oxygens (including phenoxy) is 2. The second kappa shape index (κ2) is 6.54. The van der Waals surface area contributed by atoms with E-state index in [0.717, 1.165) is 5.56 Å². The summed E-state index contributed by atoms with van der Waals surface area (Å²) in [7, 11) is 1.61. The number of hydrogen-bond acceptors (Lipinski definition) is 2. The van der Waals surface area contributed by atoms with Crippen LogP contribution in [0.3, 0.4) is 0 Å². The van der Waals surface area contributed by atoms with Gasteiger partial charge in [0.25, 0.3) is 0 Å². The Morgan fingerprint density at radius 3 is 2.50 bits per heavy atom. The molecule has 3 heteroatoms. The zero-order valence-corrected chi connectivity index (χ0v) is 8.31. The van der Waals surface area contributed by atoms with Crippen molar-refractivity contribution in [1.82, 2.24) is 0 Å². The zero-order valence-electron chi connectivity index (χ0n) is 8.31. The van der Waals surface area contributed by atoms with Gasteiger partial charge in [-0.3, -0.25) is 0 Å². The Morgan fingerprint density at radius 2 is 1.93 bits per heavy atom. The van der Waals surface area contributed by atoms with Crippen molar-refractivity contribution in [2.45, 2.75) is 6.10 Å². The third-order valence-electron chi connectivity index (χ3n) is 1.93. The van der Waals surface area contributed by atoms with Crippen molar-refractivity contribution < 1.29 is 14.6 Å². The molecule has 0 fully saturated rings. The molecule has 0 aliphatic carbocycles. The van der Waals surface area contributed by atoms with Crippen LogP contribution in [0, 0.1) is 0 Å². The molecule has 0 amide bonds.